The van der Waals surface area contributed by atoms with Crippen molar-refractivity contribution >= 4 is 23.2 Å². The lowest BCUT2D eigenvalue weighted by atomic mass is 9.84. The maximum Gasteiger partial charge on any atom is 0.231 e. The summed E-state index contributed by atoms with van der Waals surface area (Å²) in [6.07, 6.45) is 7.45. The lowest BCUT2D eigenvalue weighted by molar-refractivity contribution is -0.126. The quantitative estimate of drug-likeness (QED) is 0.835. The average molecular weight is 386 g/mol. The predicted octanol–water partition coefficient (Wildman–Crippen LogP) is 3.18. The van der Waals surface area contributed by atoms with Gasteiger partial charge in [0.2, 0.25) is 11.8 Å². The third-order valence-corrected chi connectivity index (χ3v) is 6.38. The first kappa shape index (κ1) is 19.4. The second kappa shape index (κ2) is 8.62. The van der Waals surface area contributed by atoms with Crippen LogP contribution in [0.2, 0.25) is 0 Å². The number of hydrogen-bond donors (Lipinski definition) is 2. The highest BCUT2D eigenvalue weighted by molar-refractivity contribution is 5.97. The van der Waals surface area contributed by atoms with Gasteiger partial charge in [0.15, 0.2) is 0 Å². The Balaban J connectivity index is 1.48. The minimum atomic E-state index is -0.319. The number of amides is 2. The molecule has 2 N–H and O–H groups in total. The molecule has 0 bridgehead atoms. The van der Waals surface area contributed by atoms with Crippen LogP contribution in [0, 0.1) is 5.41 Å². The van der Waals surface area contributed by atoms with Gasteiger partial charge in [0.05, 0.1) is 12.0 Å². The molecule has 6 heteroatoms. The zero-order valence-corrected chi connectivity index (χ0v) is 16.6. The molecule has 1 aromatic carbocycles. The van der Waals surface area contributed by atoms with Gasteiger partial charge < -0.3 is 15.4 Å². The molecule has 0 aromatic heterocycles. The predicted molar refractivity (Wildman–Crippen MR) is 109 cm³/mol. The first-order valence-corrected chi connectivity index (χ1v) is 10.7. The van der Waals surface area contributed by atoms with Crippen molar-refractivity contribution in [1.29, 1.82) is 0 Å². The normalized spacial score (nSPS) is 22.6. The largest absolute Gasteiger partial charge is 0.380 e. The van der Waals surface area contributed by atoms with E-state index in [0.29, 0.717) is 6.42 Å². The molecule has 0 atom stereocenters. The Hall–Kier alpha value is -1.92. The minimum Gasteiger partial charge on any atom is -0.380 e. The Labute approximate surface area is 167 Å². The molecular formula is C22H31N3O3. The van der Waals surface area contributed by atoms with Gasteiger partial charge in [0, 0.05) is 44.0 Å². The Morgan fingerprint density at radius 3 is 2.82 bits per heavy atom. The van der Waals surface area contributed by atoms with Crippen LogP contribution in [0.5, 0.6) is 0 Å². The smallest absolute Gasteiger partial charge is 0.231 e. The van der Waals surface area contributed by atoms with Crippen LogP contribution >= 0.6 is 0 Å². The number of aryl methyl sites for hydroxylation is 1. The van der Waals surface area contributed by atoms with E-state index in [1.54, 1.807) is 0 Å². The highest BCUT2D eigenvalue weighted by atomic mass is 16.5. The molecule has 2 aliphatic heterocycles. The number of ether oxygens (including phenoxy) is 1. The van der Waals surface area contributed by atoms with E-state index in [1.807, 2.05) is 18.2 Å². The van der Waals surface area contributed by atoms with Crippen LogP contribution in [0.4, 0.5) is 11.4 Å². The molecule has 3 aliphatic rings. The molecule has 2 amide bonds. The van der Waals surface area contributed by atoms with Crippen molar-refractivity contribution < 1.29 is 14.3 Å². The fraction of sp³-hybridized carbons (Fsp3) is 0.636. The molecule has 28 heavy (non-hydrogen) atoms. The zero-order valence-electron chi connectivity index (χ0n) is 16.6. The van der Waals surface area contributed by atoms with Gasteiger partial charge in [-0.15, -0.1) is 0 Å². The number of carbonyl (C=O) groups is 2. The van der Waals surface area contributed by atoms with Crippen molar-refractivity contribution in [3.05, 3.63) is 23.8 Å². The summed E-state index contributed by atoms with van der Waals surface area (Å²) in [4.78, 5) is 27.6. The lowest BCUT2D eigenvalue weighted by Crippen LogP contribution is -2.45. The van der Waals surface area contributed by atoms with Crippen LogP contribution in [0.15, 0.2) is 18.2 Å². The summed E-state index contributed by atoms with van der Waals surface area (Å²) in [6.45, 7) is 4.28. The van der Waals surface area contributed by atoms with Gasteiger partial charge in [-0.25, -0.2) is 0 Å². The van der Waals surface area contributed by atoms with Crippen LogP contribution < -0.4 is 10.6 Å². The SMILES string of the molecule is O=C1CCCc2ccc(NC(=O)C3(CN4CCCOCC4)CCCC3)cc2N1. The van der Waals surface area contributed by atoms with E-state index in [0.717, 1.165) is 94.7 Å². The Morgan fingerprint density at radius 1 is 1.11 bits per heavy atom. The van der Waals surface area contributed by atoms with Gasteiger partial charge in [0.1, 0.15) is 0 Å². The van der Waals surface area contributed by atoms with Gasteiger partial charge in [-0.3, -0.25) is 14.5 Å². The number of anilines is 2. The zero-order chi connectivity index (χ0) is 19.4. The molecule has 2 fully saturated rings. The summed E-state index contributed by atoms with van der Waals surface area (Å²) >= 11 is 0. The third-order valence-electron chi connectivity index (χ3n) is 6.38. The standard InChI is InChI=1S/C22H31N3O3/c26-20-6-3-5-17-7-8-18(15-19(17)24-20)23-21(27)22(9-1-2-10-22)16-25-11-4-13-28-14-12-25/h7-8,15H,1-6,9-14,16H2,(H,23,27)(H,24,26). The number of carbonyl (C=O) groups excluding carboxylic acids is 2. The number of benzene rings is 1. The highest BCUT2D eigenvalue weighted by Gasteiger charge is 2.42. The fourth-order valence-electron chi connectivity index (χ4n) is 4.80. The van der Waals surface area contributed by atoms with Crippen LogP contribution in [0.3, 0.4) is 0 Å². The molecular weight excluding hydrogens is 354 g/mol. The third kappa shape index (κ3) is 4.39. The molecule has 1 saturated carbocycles. The fourth-order valence-corrected chi connectivity index (χ4v) is 4.80. The Morgan fingerprint density at radius 2 is 1.96 bits per heavy atom. The Bertz CT molecular complexity index is 720. The second-order valence-electron chi connectivity index (χ2n) is 8.46. The number of fused-ring (bicyclic) bond motifs is 1. The highest BCUT2D eigenvalue weighted by Crippen LogP contribution is 2.40. The van der Waals surface area contributed by atoms with Gasteiger partial charge in [-0.2, -0.15) is 0 Å². The summed E-state index contributed by atoms with van der Waals surface area (Å²) in [6, 6.07) is 5.92. The maximum atomic E-state index is 13.3. The van der Waals surface area contributed by atoms with Crippen molar-refractivity contribution in [3.8, 4) is 0 Å². The summed E-state index contributed by atoms with van der Waals surface area (Å²) < 4.78 is 5.57. The molecule has 1 aliphatic carbocycles. The molecule has 0 spiro atoms. The van der Waals surface area contributed by atoms with Gasteiger partial charge in [-0.1, -0.05) is 18.9 Å². The minimum absolute atomic E-state index is 0.0536. The van der Waals surface area contributed by atoms with Crippen LogP contribution in [-0.2, 0) is 20.7 Å². The number of nitrogens with one attached hydrogen (secondary N) is 2. The molecule has 2 heterocycles. The van der Waals surface area contributed by atoms with Gasteiger partial charge >= 0.3 is 0 Å². The van der Waals surface area contributed by atoms with Crippen molar-refractivity contribution in [2.45, 2.75) is 51.4 Å². The summed E-state index contributed by atoms with van der Waals surface area (Å²) in [7, 11) is 0. The maximum absolute atomic E-state index is 13.3. The number of rotatable bonds is 4. The summed E-state index contributed by atoms with van der Waals surface area (Å²) in [5.41, 5.74) is 2.44. The van der Waals surface area contributed by atoms with E-state index in [2.05, 4.69) is 15.5 Å². The van der Waals surface area contributed by atoms with Crippen molar-refractivity contribution in [3.63, 3.8) is 0 Å². The van der Waals surface area contributed by atoms with E-state index in [1.165, 1.54) is 0 Å². The topological polar surface area (TPSA) is 70.7 Å². The molecule has 0 unspecified atom stereocenters. The first-order chi connectivity index (χ1) is 13.6. The molecule has 4 rings (SSSR count). The lowest BCUT2D eigenvalue weighted by Gasteiger charge is -2.33. The molecule has 152 valence electrons. The Kier molecular flexibility index (Phi) is 5.97. The van der Waals surface area contributed by atoms with Gasteiger partial charge in [-0.05, 0) is 49.8 Å². The number of hydrogen-bond acceptors (Lipinski definition) is 4. The van der Waals surface area contributed by atoms with E-state index in [4.69, 9.17) is 4.74 Å². The number of nitrogens with zero attached hydrogens (tertiary/aromatic N) is 1. The molecule has 6 nitrogen and oxygen atoms in total. The van der Waals surface area contributed by atoms with Crippen molar-refractivity contribution in [2.75, 3.05) is 43.5 Å². The molecule has 1 saturated heterocycles. The van der Waals surface area contributed by atoms with Crippen LogP contribution in [0.25, 0.3) is 0 Å². The van der Waals surface area contributed by atoms with Gasteiger partial charge in [0.25, 0.3) is 0 Å². The average Bonchev–Trinajstić information content (AvgIpc) is 2.89. The van der Waals surface area contributed by atoms with E-state index < -0.39 is 0 Å². The van der Waals surface area contributed by atoms with E-state index in [9.17, 15) is 9.59 Å². The van der Waals surface area contributed by atoms with E-state index in [-0.39, 0.29) is 17.2 Å². The summed E-state index contributed by atoms with van der Waals surface area (Å²) in [5, 5.41) is 6.14. The van der Waals surface area contributed by atoms with Crippen LogP contribution in [0.1, 0.15) is 50.5 Å². The molecule has 0 radical (unpaired) electrons. The van der Waals surface area contributed by atoms with Crippen molar-refractivity contribution in [1.82, 2.24) is 4.90 Å². The van der Waals surface area contributed by atoms with Crippen LogP contribution in [-0.4, -0.2) is 49.6 Å². The van der Waals surface area contributed by atoms with Crippen molar-refractivity contribution in [2.24, 2.45) is 5.41 Å². The first-order valence-electron chi connectivity index (χ1n) is 10.7. The van der Waals surface area contributed by atoms with E-state index >= 15 is 0 Å². The second-order valence-corrected chi connectivity index (χ2v) is 8.46. The summed E-state index contributed by atoms with van der Waals surface area (Å²) in [5.74, 6) is 0.174. The monoisotopic (exact) mass is 385 g/mol. The molecule has 1 aromatic rings.